The molecule has 3 nitrogen and oxygen atoms in total. The zero-order chi connectivity index (χ0) is 17.4. The number of aryl methyl sites for hydroxylation is 1. The Morgan fingerprint density at radius 3 is 2.46 bits per heavy atom. The van der Waals surface area contributed by atoms with Gasteiger partial charge in [-0.3, -0.25) is 0 Å². The molecule has 0 saturated carbocycles. The minimum Gasteiger partial charge on any atom is -0.490 e. The molecule has 1 heterocycles. The maximum Gasteiger partial charge on any atom is 0.346 e. The summed E-state index contributed by atoms with van der Waals surface area (Å²) in [6.45, 7) is 4.56. The van der Waals surface area contributed by atoms with Crippen molar-refractivity contribution in [2.45, 2.75) is 65.2 Å². The first kappa shape index (κ1) is 18.5. The van der Waals surface area contributed by atoms with Crippen LogP contribution in [0.2, 0.25) is 0 Å². The van der Waals surface area contributed by atoms with E-state index in [-0.39, 0.29) is 11.1 Å². The molecule has 0 aliphatic heterocycles. The highest BCUT2D eigenvalue weighted by Crippen LogP contribution is 2.25. The number of fused-ring (bicyclic) bond motifs is 1. The van der Waals surface area contributed by atoms with Crippen molar-refractivity contribution in [2.75, 3.05) is 6.61 Å². The summed E-state index contributed by atoms with van der Waals surface area (Å²) in [5, 5.41) is 0.535. The van der Waals surface area contributed by atoms with Gasteiger partial charge in [0.25, 0.3) is 0 Å². The summed E-state index contributed by atoms with van der Waals surface area (Å²) in [5.74, 6) is 0.0699. The Kier molecular flexibility index (Phi) is 7.29. The fraction of sp³-hybridized carbons (Fsp3) is 0.550. The molecule has 0 radical (unpaired) electrons. The molecule has 0 amide bonds. The summed E-state index contributed by atoms with van der Waals surface area (Å²) in [5.41, 5.74) is -0.636. The molecule has 24 heavy (non-hydrogen) atoms. The number of rotatable bonds is 10. The van der Waals surface area contributed by atoms with Crippen LogP contribution in [0.25, 0.3) is 10.8 Å². The van der Waals surface area contributed by atoms with Crippen molar-refractivity contribution < 1.29 is 13.5 Å². The SMILES string of the molecule is CCCCCCCCCOc1ccc2cc(CC)oc(=O)c2c1F. The highest BCUT2D eigenvalue weighted by molar-refractivity contribution is 5.83. The largest absolute Gasteiger partial charge is 0.490 e. The second-order valence-electron chi connectivity index (χ2n) is 6.17. The van der Waals surface area contributed by atoms with E-state index in [0.717, 1.165) is 12.8 Å². The summed E-state index contributed by atoms with van der Waals surface area (Å²) in [7, 11) is 0. The van der Waals surface area contributed by atoms with E-state index >= 15 is 0 Å². The lowest BCUT2D eigenvalue weighted by atomic mass is 10.1. The van der Waals surface area contributed by atoms with E-state index in [2.05, 4.69) is 6.92 Å². The van der Waals surface area contributed by atoms with E-state index in [1.54, 1.807) is 18.2 Å². The first-order valence-corrected chi connectivity index (χ1v) is 9.05. The van der Waals surface area contributed by atoms with Crippen molar-refractivity contribution in [3.05, 3.63) is 40.2 Å². The number of benzene rings is 1. The molecule has 0 aliphatic carbocycles. The smallest absolute Gasteiger partial charge is 0.346 e. The molecule has 132 valence electrons. The summed E-state index contributed by atoms with van der Waals surface area (Å²) in [4.78, 5) is 12.0. The van der Waals surface area contributed by atoms with Gasteiger partial charge in [0.2, 0.25) is 0 Å². The first-order valence-electron chi connectivity index (χ1n) is 9.05. The molecule has 0 bridgehead atoms. The van der Waals surface area contributed by atoms with Gasteiger partial charge in [0, 0.05) is 6.42 Å². The minimum absolute atomic E-state index is 0.0238. The van der Waals surface area contributed by atoms with Gasteiger partial charge in [-0.25, -0.2) is 9.18 Å². The second-order valence-corrected chi connectivity index (χ2v) is 6.17. The third-order valence-corrected chi connectivity index (χ3v) is 4.24. The maximum absolute atomic E-state index is 14.5. The van der Waals surface area contributed by atoms with Gasteiger partial charge in [-0.05, 0) is 23.9 Å². The molecule has 0 N–H and O–H groups in total. The molecule has 1 aromatic carbocycles. The van der Waals surface area contributed by atoms with Crippen LogP contribution in [0, 0.1) is 5.82 Å². The fourth-order valence-electron chi connectivity index (χ4n) is 2.80. The van der Waals surface area contributed by atoms with Crippen LogP contribution in [0.3, 0.4) is 0 Å². The molecule has 2 aromatic rings. The minimum atomic E-state index is -0.636. The van der Waals surface area contributed by atoms with E-state index < -0.39 is 11.4 Å². The van der Waals surface area contributed by atoms with Crippen LogP contribution >= 0.6 is 0 Å². The average molecular weight is 334 g/mol. The van der Waals surface area contributed by atoms with Gasteiger partial charge in [0.15, 0.2) is 11.6 Å². The van der Waals surface area contributed by atoms with Gasteiger partial charge >= 0.3 is 5.63 Å². The van der Waals surface area contributed by atoms with Crippen LogP contribution in [-0.2, 0) is 6.42 Å². The lowest BCUT2D eigenvalue weighted by molar-refractivity contribution is 0.291. The third kappa shape index (κ3) is 4.83. The van der Waals surface area contributed by atoms with Gasteiger partial charge in [-0.15, -0.1) is 0 Å². The topological polar surface area (TPSA) is 39.4 Å². The van der Waals surface area contributed by atoms with E-state index in [1.807, 2.05) is 6.92 Å². The van der Waals surface area contributed by atoms with Crippen molar-refractivity contribution in [3.63, 3.8) is 0 Å². The lowest BCUT2D eigenvalue weighted by Gasteiger charge is -2.09. The highest BCUT2D eigenvalue weighted by Gasteiger charge is 2.14. The fourth-order valence-corrected chi connectivity index (χ4v) is 2.80. The Bertz CT molecular complexity index is 706. The van der Waals surface area contributed by atoms with Crippen LogP contribution in [0.5, 0.6) is 5.75 Å². The highest BCUT2D eigenvalue weighted by atomic mass is 19.1. The zero-order valence-corrected chi connectivity index (χ0v) is 14.7. The van der Waals surface area contributed by atoms with Crippen molar-refractivity contribution in [3.8, 4) is 5.75 Å². The first-order chi connectivity index (χ1) is 11.7. The van der Waals surface area contributed by atoms with E-state index in [4.69, 9.17) is 9.15 Å². The number of ether oxygens (including phenoxy) is 1. The summed E-state index contributed by atoms with van der Waals surface area (Å²) >= 11 is 0. The molecule has 2 rings (SSSR count). The maximum atomic E-state index is 14.5. The zero-order valence-electron chi connectivity index (χ0n) is 14.7. The van der Waals surface area contributed by atoms with E-state index in [9.17, 15) is 9.18 Å². The van der Waals surface area contributed by atoms with Gasteiger partial charge in [0.05, 0.1) is 6.61 Å². The Morgan fingerprint density at radius 2 is 1.75 bits per heavy atom. The van der Waals surface area contributed by atoms with Gasteiger partial charge in [0.1, 0.15) is 11.1 Å². The van der Waals surface area contributed by atoms with E-state index in [1.165, 1.54) is 32.1 Å². The average Bonchev–Trinajstić information content (AvgIpc) is 2.58. The number of halogens is 1. The Morgan fingerprint density at radius 1 is 1.04 bits per heavy atom. The monoisotopic (exact) mass is 334 g/mol. The Balaban J connectivity index is 1.92. The summed E-state index contributed by atoms with van der Waals surface area (Å²) < 4.78 is 25.1. The molecule has 0 atom stereocenters. The molecule has 1 aromatic heterocycles. The summed E-state index contributed by atoms with van der Waals surface area (Å²) in [6.07, 6.45) is 8.84. The standard InChI is InChI=1S/C20H27FO3/c1-3-5-6-7-8-9-10-13-23-17-12-11-15-14-16(4-2)24-20(22)18(15)19(17)21/h11-12,14H,3-10,13H2,1-2H3. The van der Waals surface area contributed by atoms with Crippen molar-refractivity contribution in [1.29, 1.82) is 0 Å². The molecule has 0 fully saturated rings. The van der Waals surface area contributed by atoms with Crippen molar-refractivity contribution >= 4 is 10.8 Å². The second kappa shape index (κ2) is 9.45. The quantitative estimate of drug-likeness (QED) is 0.529. The Hall–Kier alpha value is -1.84. The number of hydrogen-bond donors (Lipinski definition) is 0. The third-order valence-electron chi connectivity index (χ3n) is 4.24. The summed E-state index contributed by atoms with van der Waals surface area (Å²) in [6, 6.07) is 5.02. The Labute approximate surface area is 142 Å². The van der Waals surface area contributed by atoms with Gasteiger partial charge in [-0.2, -0.15) is 0 Å². The van der Waals surface area contributed by atoms with E-state index in [0.29, 0.717) is 24.2 Å². The molecule has 0 spiro atoms. The van der Waals surface area contributed by atoms with Crippen LogP contribution in [0.15, 0.2) is 27.4 Å². The molecular formula is C20H27FO3. The number of unbranched alkanes of at least 4 members (excludes halogenated alkanes) is 6. The van der Waals surface area contributed by atoms with Crippen molar-refractivity contribution in [1.82, 2.24) is 0 Å². The molecule has 4 heteroatoms. The lowest BCUT2D eigenvalue weighted by Crippen LogP contribution is -2.06. The van der Waals surface area contributed by atoms with Crippen LogP contribution < -0.4 is 10.4 Å². The van der Waals surface area contributed by atoms with Crippen LogP contribution in [-0.4, -0.2) is 6.61 Å². The molecular weight excluding hydrogens is 307 g/mol. The number of hydrogen-bond acceptors (Lipinski definition) is 3. The van der Waals surface area contributed by atoms with Crippen LogP contribution in [0.1, 0.15) is 64.6 Å². The molecule has 0 aliphatic rings. The van der Waals surface area contributed by atoms with Crippen LogP contribution in [0.4, 0.5) is 4.39 Å². The van der Waals surface area contributed by atoms with Crippen molar-refractivity contribution in [2.24, 2.45) is 0 Å². The predicted octanol–water partition coefficient (Wildman–Crippen LogP) is 5.62. The molecule has 0 saturated heterocycles. The molecule has 0 unspecified atom stereocenters. The predicted molar refractivity (Wildman–Crippen MR) is 95.3 cm³/mol. The van der Waals surface area contributed by atoms with Gasteiger partial charge < -0.3 is 9.15 Å². The normalized spacial score (nSPS) is 11.1. The van der Waals surface area contributed by atoms with Gasteiger partial charge in [-0.1, -0.05) is 58.4 Å².